The fourth-order valence-electron chi connectivity index (χ4n) is 0.739. The van der Waals surface area contributed by atoms with Gasteiger partial charge in [-0.3, -0.25) is 0 Å². The van der Waals surface area contributed by atoms with E-state index in [0.717, 1.165) is 5.52 Å². The molecule has 0 spiro atoms. The van der Waals surface area contributed by atoms with Gasteiger partial charge in [-0.1, -0.05) is 11.6 Å². The van der Waals surface area contributed by atoms with E-state index in [0.29, 0.717) is 5.15 Å². The Morgan fingerprint density at radius 1 is 1.50 bits per heavy atom. The van der Waals surface area contributed by atoms with E-state index in [1.807, 2.05) is 6.07 Å². The fraction of sp³-hybridized carbons (Fsp3) is 0. The van der Waals surface area contributed by atoms with Crippen molar-refractivity contribution in [2.45, 2.75) is 0 Å². The molecule has 10 heavy (non-hydrogen) atoms. The molecule has 3 nitrogen and oxygen atoms in total. The van der Waals surface area contributed by atoms with Crippen molar-refractivity contribution in [3.8, 4) is 0 Å². The first-order valence-corrected chi connectivity index (χ1v) is 3.12. The highest BCUT2D eigenvalue weighted by Gasteiger charge is 1.93. The van der Waals surface area contributed by atoms with Crippen LogP contribution in [0.1, 0.15) is 0 Å². The van der Waals surface area contributed by atoms with Crippen LogP contribution in [0.2, 0.25) is 5.15 Å². The van der Waals surface area contributed by atoms with E-state index < -0.39 is 0 Å². The van der Waals surface area contributed by atoms with Crippen LogP contribution in [0.15, 0.2) is 18.3 Å². The molecule has 0 N–H and O–H groups in total. The zero-order valence-electron chi connectivity index (χ0n) is 4.95. The van der Waals surface area contributed by atoms with Gasteiger partial charge in [0.25, 0.3) is 0 Å². The van der Waals surface area contributed by atoms with Crippen LogP contribution >= 0.6 is 11.6 Å². The van der Waals surface area contributed by atoms with Crippen LogP contribution < -0.4 is 0 Å². The van der Waals surface area contributed by atoms with Crippen LogP contribution in [0, 0.1) is 6.33 Å². The lowest BCUT2D eigenvalue weighted by Crippen LogP contribution is -1.87. The summed E-state index contributed by atoms with van der Waals surface area (Å²) in [4.78, 5) is 3.76. The van der Waals surface area contributed by atoms with Crippen molar-refractivity contribution in [2.24, 2.45) is 0 Å². The maximum atomic E-state index is 5.60. The molecule has 1 radical (unpaired) electrons. The molecular weight excluding hydrogens is 150 g/mol. The third-order valence-corrected chi connectivity index (χ3v) is 1.38. The Hall–Kier alpha value is -1.09. The Morgan fingerprint density at radius 3 is 3.30 bits per heavy atom. The Labute approximate surface area is 62.3 Å². The fourth-order valence-corrected chi connectivity index (χ4v) is 0.877. The van der Waals surface area contributed by atoms with Crippen LogP contribution in [0.5, 0.6) is 0 Å². The monoisotopic (exact) mass is 152 g/mol. The van der Waals surface area contributed by atoms with Gasteiger partial charge < -0.3 is 0 Å². The lowest BCUT2D eigenvalue weighted by molar-refractivity contribution is 0.917. The number of fused-ring (bicyclic) bond motifs is 1. The Kier molecular flexibility index (Phi) is 1.11. The lowest BCUT2D eigenvalue weighted by atomic mass is 10.5. The molecule has 0 saturated heterocycles. The molecule has 0 bridgehead atoms. The van der Waals surface area contributed by atoms with E-state index in [4.69, 9.17) is 11.6 Å². The van der Waals surface area contributed by atoms with E-state index >= 15 is 0 Å². The van der Waals surface area contributed by atoms with E-state index in [-0.39, 0.29) is 0 Å². The molecule has 0 atom stereocenters. The normalized spacial score (nSPS) is 10.5. The zero-order chi connectivity index (χ0) is 6.97. The van der Waals surface area contributed by atoms with Crippen molar-refractivity contribution in [1.29, 1.82) is 0 Å². The molecular formula is C6H3ClN3. The van der Waals surface area contributed by atoms with Crippen molar-refractivity contribution >= 4 is 17.1 Å². The number of halogens is 1. The van der Waals surface area contributed by atoms with Crippen LogP contribution in [0.4, 0.5) is 0 Å². The first kappa shape index (κ1) is 5.68. The highest BCUT2D eigenvalue weighted by atomic mass is 35.5. The highest BCUT2D eigenvalue weighted by Crippen LogP contribution is 2.04. The summed E-state index contributed by atoms with van der Waals surface area (Å²) in [6, 6.07) is 3.55. The SMILES string of the molecule is Clc1ccc2cn[c]n2n1. The third-order valence-electron chi connectivity index (χ3n) is 1.18. The van der Waals surface area contributed by atoms with Gasteiger partial charge in [0.05, 0.1) is 11.7 Å². The Bertz CT molecular complexity index is 355. The van der Waals surface area contributed by atoms with E-state index in [2.05, 4.69) is 16.4 Å². The molecule has 49 valence electrons. The standard InChI is InChI=1S/C6H3ClN3/c7-6-2-1-5-3-8-4-10(5)9-6/h1-3H. The lowest BCUT2D eigenvalue weighted by Gasteiger charge is -1.89. The Morgan fingerprint density at radius 2 is 2.40 bits per heavy atom. The molecule has 4 heteroatoms. The van der Waals surface area contributed by atoms with Gasteiger partial charge in [0.2, 0.25) is 0 Å². The molecule has 2 heterocycles. The molecule has 0 aliphatic rings. The number of nitrogens with zero attached hydrogens (tertiary/aromatic N) is 3. The van der Waals surface area contributed by atoms with Gasteiger partial charge in [-0.2, -0.15) is 5.10 Å². The number of aromatic nitrogens is 3. The van der Waals surface area contributed by atoms with Crippen molar-refractivity contribution in [2.75, 3.05) is 0 Å². The van der Waals surface area contributed by atoms with Crippen LogP contribution in [0.25, 0.3) is 5.52 Å². The molecule has 2 aromatic rings. The van der Waals surface area contributed by atoms with Gasteiger partial charge in [-0.25, -0.2) is 9.50 Å². The first-order chi connectivity index (χ1) is 4.86. The van der Waals surface area contributed by atoms with Gasteiger partial charge in [0, 0.05) is 0 Å². The summed E-state index contributed by atoms with van der Waals surface area (Å²) >= 11 is 5.60. The van der Waals surface area contributed by atoms with Crippen LogP contribution in [-0.2, 0) is 0 Å². The summed E-state index contributed by atoms with van der Waals surface area (Å²) in [7, 11) is 0. The summed E-state index contributed by atoms with van der Waals surface area (Å²) in [6.45, 7) is 0. The summed E-state index contributed by atoms with van der Waals surface area (Å²) in [5, 5.41) is 4.35. The topological polar surface area (TPSA) is 30.2 Å². The van der Waals surface area contributed by atoms with Crippen molar-refractivity contribution in [3.63, 3.8) is 0 Å². The maximum absolute atomic E-state index is 5.60. The van der Waals surface area contributed by atoms with E-state index in [1.54, 1.807) is 12.3 Å². The van der Waals surface area contributed by atoms with Gasteiger partial charge in [-0.05, 0) is 12.1 Å². The minimum atomic E-state index is 0.446. The smallest absolute Gasteiger partial charge is 0.199 e. The zero-order valence-corrected chi connectivity index (χ0v) is 5.71. The van der Waals surface area contributed by atoms with Crippen LogP contribution in [0.3, 0.4) is 0 Å². The molecule has 0 aromatic carbocycles. The molecule has 2 aromatic heterocycles. The predicted molar refractivity (Wildman–Crippen MR) is 36.8 cm³/mol. The molecule has 0 fully saturated rings. The number of rotatable bonds is 0. The molecule has 0 aliphatic heterocycles. The average Bonchev–Trinajstić information content (AvgIpc) is 2.33. The van der Waals surface area contributed by atoms with E-state index in [1.165, 1.54) is 4.52 Å². The number of imidazole rings is 1. The number of hydrogen-bond acceptors (Lipinski definition) is 2. The molecule has 0 saturated carbocycles. The second-order valence-electron chi connectivity index (χ2n) is 1.85. The summed E-state index contributed by atoms with van der Waals surface area (Å²) in [5.41, 5.74) is 0.893. The van der Waals surface area contributed by atoms with Crippen molar-refractivity contribution in [1.82, 2.24) is 14.6 Å². The molecule has 0 unspecified atom stereocenters. The summed E-state index contributed by atoms with van der Waals surface area (Å²) in [5.74, 6) is 0. The minimum absolute atomic E-state index is 0.446. The largest absolute Gasteiger partial charge is 0.232 e. The average molecular weight is 153 g/mol. The summed E-state index contributed by atoms with van der Waals surface area (Å²) in [6.07, 6.45) is 4.30. The Balaban J connectivity index is 2.86. The van der Waals surface area contributed by atoms with Gasteiger partial charge in [-0.15, -0.1) is 0 Å². The second kappa shape index (κ2) is 1.95. The number of hydrogen-bond donors (Lipinski definition) is 0. The molecule has 0 amide bonds. The van der Waals surface area contributed by atoms with Gasteiger partial charge in [0.15, 0.2) is 6.33 Å². The predicted octanol–water partition coefficient (Wildman–Crippen LogP) is 1.18. The molecule has 2 rings (SSSR count). The van der Waals surface area contributed by atoms with Gasteiger partial charge in [0.1, 0.15) is 5.15 Å². The minimum Gasteiger partial charge on any atom is -0.232 e. The van der Waals surface area contributed by atoms with Crippen molar-refractivity contribution < 1.29 is 0 Å². The van der Waals surface area contributed by atoms with E-state index in [9.17, 15) is 0 Å². The maximum Gasteiger partial charge on any atom is 0.199 e. The first-order valence-electron chi connectivity index (χ1n) is 2.74. The summed E-state index contributed by atoms with van der Waals surface area (Å²) < 4.78 is 1.50. The second-order valence-corrected chi connectivity index (χ2v) is 2.24. The van der Waals surface area contributed by atoms with Crippen molar-refractivity contribution in [3.05, 3.63) is 29.8 Å². The molecule has 0 aliphatic carbocycles. The van der Waals surface area contributed by atoms with Crippen LogP contribution in [-0.4, -0.2) is 14.6 Å². The quantitative estimate of drug-likeness (QED) is 0.568. The highest BCUT2D eigenvalue weighted by molar-refractivity contribution is 6.29. The van der Waals surface area contributed by atoms with Gasteiger partial charge >= 0.3 is 0 Å². The third kappa shape index (κ3) is 0.752.